The lowest BCUT2D eigenvalue weighted by atomic mass is 9.99. The van der Waals surface area contributed by atoms with Gasteiger partial charge in [0.2, 0.25) is 12.0 Å². The average Bonchev–Trinajstić information content (AvgIpc) is 2.81. The van der Waals surface area contributed by atoms with Crippen LogP contribution in [0.15, 0.2) is 39.5 Å². The lowest BCUT2D eigenvalue weighted by Gasteiger charge is -2.39. The van der Waals surface area contributed by atoms with Crippen LogP contribution in [0.5, 0.6) is 28.7 Å². The summed E-state index contributed by atoms with van der Waals surface area (Å²) >= 11 is 0. The van der Waals surface area contributed by atoms with E-state index in [2.05, 4.69) is 0 Å². The number of aromatic hydroxyl groups is 3. The molecule has 0 unspecified atom stereocenters. The van der Waals surface area contributed by atoms with Gasteiger partial charge < -0.3 is 54.4 Å². The summed E-state index contributed by atoms with van der Waals surface area (Å²) in [4.78, 5) is 11.9. The van der Waals surface area contributed by atoms with E-state index in [9.17, 15) is 40.5 Å². The van der Waals surface area contributed by atoms with Crippen LogP contribution in [0.2, 0.25) is 0 Å². The van der Waals surface area contributed by atoms with E-state index in [0.29, 0.717) is 0 Å². The van der Waals surface area contributed by atoms with E-state index in [4.69, 9.17) is 18.6 Å². The van der Waals surface area contributed by atoms with Gasteiger partial charge in [0.1, 0.15) is 35.9 Å². The monoisotopic (exact) mass is 478 g/mol. The average molecular weight is 478 g/mol. The van der Waals surface area contributed by atoms with Crippen molar-refractivity contribution in [2.24, 2.45) is 0 Å². The van der Waals surface area contributed by atoms with Crippen molar-refractivity contribution in [2.75, 3.05) is 13.7 Å². The molecule has 1 saturated heterocycles. The number of hydrogen-bond donors (Lipinski definition) is 7. The Morgan fingerprint density at radius 2 is 1.65 bits per heavy atom. The van der Waals surface area contributed by atoms with Crippen molar-refractivity contribution in [1.82, 2.24) is 0 Å². The molecule has 3 aliphatic rings. The van der Waals surface area contributed by atoms with Crippen LogP contribution >= 0.6 is 0 Å². The molecule has 1 aromatic rings. The number of fused-ring (bicyclic) bond motifs is 1. The molecule has 0 radical (unpaired) electrons. The fourth-order valence-corrected chi connectivity index (χ4v) is 3.63. The Bertz CT molecular complexity index is 1220. The minimum absolute atomic E-state index is 0.0484. The van der Waals surface area contributed by atoms with Crippen LogP contribution in [0.1, 0.15) is 0 Å². The molecule has 12 heteroatoms. The molecule has 0 saturated carbocycles. The second kappa shape index (κ2) is 9.00. The Balaban J connectivity index is 1.88. The van der Waals surface area contributed by atoms with Crippen molar-refractivity contribution in [1.29, 1.82) is 0 Å². The van der Waals surface area contributed by atoms with Gasteiger partial charge in [-0.3, -0.25) is 4.79 Å². The Hall–Kier alpha value is -3.55. The van der Waals surface area contributed by atoms with Gasteiger partial charge in [0.25, 0.3) is 0 Å². The van der Waals surface area contributed by atoms with Gasteiger partial charge in [0, 0.05) is 17.7 Å². The van der Waals surface area contributed by atoms with Gasteiger partial charge in [0.05, 0.1) is 19.3 Å². The van der Waals surface area contributed by atoms with Gasteiger partial charge in [-0.2, -0.15) is 0 Å². The zero-order chi connectivity index (χ0) is 24.7. The second-order valence-corrected chi connectivity index (χ2v) is 7.66. The van der Waals surface area contributed by atoms with E-state index in [1.807, 2.05) is 0 Å². The van der Waals surface area contributed by atoms with Crippen LogP contribution in [-0.2, 0) is 4.74 Å². The topological polar surface area (TPSA) is 200 Å². The van der Waals surface area contributed by atoms with E-state index < -0.39 is 60.0 Å². The number of benzene rings is 2. The van der Waals surface area contributed by atoms with Crippen molar-refractivity contribution in [3.8, 4) is 51.4 Å². The lowest BCUT2D eigenvalue weighted by Crippen LogP contribution is -2.60. The van der Waals surface area contributed by atoms with Crippen LogP contribution in [0.4, 0.5) is 0 Å². The zero-order valence-electron chi connectivity index (χ0n) is 17.7. The molecule has 0 amide bonds. The maximum Gasteiger partial charge on any atom is 0.229 e. The molecular formula is C22H22O12. The highest BCUT2D eigenvalue weighted by Gasteiger charge is 2.45. The zero-order valence-corrected chi connectivity index (χ0v) is 17.7. The summed E-state index contributed by atoms with van der Waals surface area (Å²) in [5, 5.41) is 70.1. The maximum atomic E-state index is 11.9. The molecular weight excluding hydrogens is 456 g/mol. The summed E-state index contributed by atoms with van der Waals surface area (Å²) in [6.07, 6.45) is -7.93. The van der Waals surface area contributed by atoms with E-state index >= 15 is 0 Å². The molecule has 2 aliphatic heterocycles. The van der Waals surface area contributed by atoms with Crippen molar-refractivity contribution in [3.05, 3.63) is 40.6 Å². The highest BCUT2D eigenvalue weighted by Crippen LogP contribution is 2.45. The van der Waals surface area contributed by atoms with Gasteiger partial charge in [-0.15, -0.1) is 0 Å². The van der Waals surface area contributed by atoms with Gasteiger partial charge in [0.15, 0.2) is 28.4 Å². The van der Waals surface area contributed by atoms with Crippen LogP contribution in [0.3, 0.4) is 0 Å². The summed E-state index contributed by atoms with van der Waals surface area (Å²) in [7, 11) is 1.25. The first-order valence-electron chi connectivity index (χ1n) is 10.0. The van der Waals surface area contributed by atoms with Crippen molar-refractivity contribution < 1.29 is 54.4 Å². The van der Waals surface area contributed by atoms with E-state index in [0.717, 1.165) is 18.2 Å². The molecule has 1 aromatic carbocycles. The van der Waals surface area contributed by atoms with Crippen LogP contribution in [-0.4, -0.2) is 80.2 Å². The normalized spacial score (nSPS) is 24.8. The maximum absolute atomic E-state index is 11.9. The van der Waals surface area contributed by atoms with Crippen LogP contribution in [0.25, 0.3) is 22.6 Å². The summed E-state index contributed by atoms with van der Waals surface area (Å²) < 4.78 is 21.9. The largest absolute Gasteiger partial charge is 0.507 e. The van der Waals surface area contributed by atoms with E-state index in [-0.39, 0.29) is 34.1 Å². The standard InChI is InChI=1S/C22H22O12/c1-31-14-3-8(2-12(26)17(14)27)21-15(6-10-11(25)4-9(24)5-13(10)32-21)33-22-20(30)19(29)18(28)16(7-23)34-22/h2-6,16,18-20,22-23,25-30H,7H2,1H3/t16-,18-,19+,20-,22-/m1/s1. The van der Waals surface area contributed by atoms with Gasteiger partial charge in [-0.25, -0.2) is 0 Å². The number of hydrogen-bond acceptors (Lipinski definition) is 12. The molecule has 7 N–H and O–H groups in total. The molecule has 1 aliphatic carbocycles. The SMILES string of the molecule is COc1cc(-c2oc3cc(=O)cc(O)c-3cc2O[C@@H]2O[C@H](CO)[C@@H](O)[C@H](O)[C@H]2O)cc(O)c1O. The number of aliphatic hydroxyl groups is 4. The summed E-state index contributed by atoms with van der Waals surface area (Å²) in [6, 6.07) is 5.73. The molecule has 182 valence electrons. The minimum Gasteiger partial charge on any atom is -0.507 e. The predicted octanol–water partition coefficient (Wildman–Crippen LogP) is -0.284. The molecule has 0 aromatic heterocycles. The van der Waals surface area contributed by atoms with Gasteiger partial charge in [-0.05, 0) is 18.2 Å². The number of phenolic OH excluding ortho intramolecular Hbond substituents is 3. The molecule has 5 atom stereocenters. The Kier molecular flexibility index (Phi) is 6.25. The van der Waals surface area contributed by atoms with Gasteiger partial charge in [-0.1, -0.05) is 0 Å². The second-order valence-electron chi connectivity index (χ2n) is 7.66. The Morgan fingerprint density at radius 1 is 0.912 bits per heavy atom. The van der Waals surface area contributed by atoms with E-state index in [1.54, 1.807) is 0 Å². The smallest absolute Gasteiger partial charge is 0.229 e. The van der Waals surface area contributed by atoms with E-state index in [1.165, 1.54) is 19.2 Å². The third-order valence-corrected chi connectivity index (χ3v) is 5.43. The molecule has 2 heterocycles. The molecule has 34 heavy (non-hydrogen) atoms. The van der Waals surface area contributed by atoms with Crippen molar-refractivity contribution in [2.45, 2.75) is 30.7 Å². The molecule has 0 bridgehead atoms. The highest BCUT2D eigenvalue weighted by molar-refractivity contribution is 5.77. The summed E-state index contributed by atoms with van der Waals surface area (Å²) in [6.45, 7) is -0.685. The predicted molar refractivity (Wildman–Crippen MR) is 113 cm³/mol. The Morgan fingerprint density at radius 3 is 2.32 bits per heavy atom. The number of ether oxygens (including phenoxy) is 3. The molecule has 0 spiro atoms. The molecule has 1 fully saturated rings. The quantitative estimate of drug-likeness (QED) is 0.237. The van der Waals surface area contributed by atoms with Crippen molar-refractivity contribution in [3.63, 3.8) is 0 Å². The van der Waals surface area contributed by atoms with Crippen LogP contribution < -0.4 is 14.9 Å². The fourth-order valence-electron chi connectivity index (χ4n) is 3.63. The first-order chi connectivity index (χ1) is 16.1. The summed E-state index contributed by atoms with van der Waals surface area (Å²) in [5.74, 6) is -2.02. The first kappa shape index (κ1) is 23.6. The lowest BCUT2D eigenvalue weighted by molar-refractivity contribution is -0.277. The fraction of sp³-hybridized carbons (Fsp3) is 0.318. The summed E-state index contributed by atoms with van der Waals surface area (Å²) in [5.41, 5.74) is -0.393. The third-order valence-electron chi connectivity index (χ3n) is 5.43. The van der Waals surface area contributed by atoms with Gasteiger partial charge >= 0.3 is 0 Å². The van der Waals surface area contributed by atoms with Crippen LogP contribution in [0, 0.1) is 0 Å². The number of rotatable bonds is 5. The third kappa shape index (κ3) is 4.08. The molecule has 12 nitrogen and oxygen atoms in total. The number of phenols is 3. The molecule has 4 rings (SSSR count). The highest BCUT2D eigenvalue weighted by atomic mass is 16.7. The number of aliphatic hydroxyl groups excluding tert-OH is 4. The minimum atomic E-state index is -1.75. The Labute approximate surface area is 191 Å². The first-order valence-corrected chi connectivity index (χ1v) is 10.0. The van der Waals surface area contributed by atoms with Crippen molar-refractivity contribution >= 4 is 0 Å². The number of methoxy groups -OCH3 is 1.